The molecule has 1 fully saturated rings. The number of rotatable bonds is 2. The number of anilines is 1. The molecule has 0 aliphatic carbocycles. The fourth-order valence-electron chi connectivity index (χ4n) is 2.75. The van der Waals surface area contributed by atoms with Gasteiger partial charge in [-0.2, -0.15) is 0 Å². The summed E-state index contributed by atoms with van der Waals surface area (Å²) >= 11 is 1.14. The summed E-state index contributed by atoms with van der Waals surface area (Å²) in [6.07, 6.45) is 3.35. The van der Waals surface area contributed by atoms with Crippen molar-refractivity contribution in [1.82, 2.24) is 14.5 Å². The summed E-state index contributed by atoms with van der Waals surface area (Å²) < 4.78 is 17.0. The predicted octanol–water partition coefficient (Wildman–Crippen LogP) is 3.35. The number of hydrogen-bond acceptors (Lipinski definition) is 4. The van der Waals surface area contributed by atoms with Gasteiger partial charge in [-0.05, 0) is 43.0 Å². The Hall–Kier alpha value is -2.02. The van der Waals surface area contributed by atoms with Crippen LogP contribution in [-0.2, 0) is 0 Å². The van der Waals surface area contributed by atoms with Crippen LogP contribution in [-0.4, -0.2) is 27.1 Å². The molecule has 5 nitrogen and oxygen atoms in total. The summed E-state index contributed by atoms with van der Waals surface area (Å²) in [5.41, 5.74) is 1.88. The van der Waals surface area contributed by atoms with E-state index in [1.807, 2.05) is 6.92 Å². The zero-order valence-corrected chi connectivity index (χ0v) is 12.4. The van der Waals surface area contributed by atoms with Crippen molar-refractivity contribution in [3.63, 3.8) is 0 Å². The van der Waals surface area contributed by atoms with Crippen molar-refractivity contribution >= 4 is 22.6 Å². The minimum atomic E-state index is -0.249. The molecule has 1 N–H and O–H groups in total. The van der Waals surface area contributed by atoms with Crippen molar-refractivity contribution in [1.29, 1.82) is 0 Å². The molecule has 0 saturated carbocycles. The van der Waals surface area contributed by atoms with E-state index in [1.165, 1.54) is 18.3 Å². The summed E-state index contributed by atoms with van der Waals surface area (Å²) in [6, 6.07) is 4.56. The van der Waals surface area contributed by atoms with Gasteiger partial charge in [0.15, 0.2) is 0 Å². The Morgan fingerprint density at radius 1 is 1.52 bits per heavy atom. The second-order valence-electron chi connectivity index (χ2n) is 5.06. The van der Waals surface area contributed by atoms with Gasteiger partial charge in [0.05, 0.1) is 12.2 Å². The van der Waals surface area contributed by atoms with Crippen molar-refractivity contribution in [2.45, 2.75) is 25.8 Å². The van der Waals surface area contributed by atoms with Gasteiger partial charge in [0.25, 0.3) is 0 Å². The van der Waals surface area contributed by atoms with E-state index in [2.05, 4.69) is 14.9 Å². The van der Waals surface area contributed by atoms with Crippen LogP contribution >= 0.6 is 11.5 Å². The Labute approximate surface area is 125 Å². The molecule has 2 heterocycles. The zero-order valence-electron chi connectivity index (χ0n) is 11.5. The first kappa shape index (κ1) is 13.9. The number of urea groups is 1. The van der Waals surface area contributed by atoms with Crippen LogP contribution in [0, 0.1) is 12.7 Å². The SMILES string of the molecule is Cc1cc(F)ccc1C1CCCN1C(=O)Nc1cnns1. The second kappa shape index (κ2) is 5.77. The molecule has 110 valence electrons. The van der Waals surface area contributed by atoms with Crippen LogP contribution in [0.2, 0.25) is 0 Å². The molecule has 1 aliphatic rings. The Bertz CT molecular complexity index is 646. The van der Waals surface area contributed by atoms with E-state index in [4.69, 9.17) is 0 Å². The van der Waals surface area contributed by atoms with Gasteiger partial charge in [-0.3, -0.25) is 5.32 Å². The van der Waals surface area contributed by atoms with Crippen LogP contribution in [0.5, 0.6) is 0 Å². The number of nitrogens with one attached hydrogen (secondary N) is 1. The lowest BCUT2D eigenvalue weighted by Gasteiger charge is -2.26. The molecular formula is C14H15FN4OS. The molecule has 0 radical (unpaired) electrons. The molecule has 1 aromatic heterocycles. The third-order valence-corrected chi connectivity index (χ3v) is 4.28. The highest BCUT2D eigenvalue weighted by Gasteiger charge is 2.31. The standard InChI is InChI=1S/C14H15FN4OS/c1-9-7-10(15)4-5-11(9)12-3-2-6-19(12)14(20)17-13-8-16-18-21-13/h4-5,7-8,12H,2-3,6H2,1H3,(H,17,20). The molecule has 3 rings (SSSR count). The highest BCUT2D eigenvalue weighted by molar-refractivity contribution is 7.10. The van der Waals surface area contributed by atoms with Gasteiger partial charge in [-0.15, -0.1) is 5.10 Å². The van der Waals surface area contributed by atoms with Crippen molar-refractivity contribution in [3.8, 4) is 0 Å². The van der Waals surface area contributed by atoms with Crippen LogP contribution in [0.1, 0.15) is 30.0 Å². The van der Waals surface area contributed by atoms with Gasteiger partial charge >= 0.3 is 6.03 Å². The van der Waals surface area contributed by atoms with Gasteiger partial charge < -0.3 is 4.90 Å². The summed E-state index contributed by atoms with van der Waals surface area (Å²) in [5, 5.41) is 7.12. The number of aryl methyl sites for hydroxylation is 1. The number of hydrogen-bond donors (Lipinski definition) is 1. The number of amides is 2. The first-order chi connectivity index (χ1) is 10.1. The van der Waals surface area contributed by atoms with Gasteiger partial charge in [-0.1, -0.05) is 10.6 Å². The average molecular weight is 306 g/mol. The normalized spacial score (nSPS) is 18.0. The number of carbonyl (C=O) groups is 1. The fraction of sp³-hybridized carbons (Fsp3) is 0.357. The first-order valence-corrected chi connectivity index (χ1v) is 7.53. The topological polar surface area (TPSA) is 58.1 Å². The van der Waals surface area contributed by atoms with Crippen LogP contribution in [0.15, 0.2) is 24.4 Å². The van der Waals surface area contributed by atoms with E-state index in [0.717, 1.165) is 35.5 Å². The van der Waals surface area contributed by atoms with Gasteiger partial charge in [-0.25, -0.2) is 9.18 Å². The lowest BCUT2D eigenvalue weighted by Crippen LogP contribution is -2.34. The highest BCUT2D eigenvalue weighted by Crippen LogP contribution is 2.34. The largest absolute Gasteiger partial charge is 0.323 e. The lowest BCUT2D eigenvalue weighted by molar-refractivity contribution is 0.207. The highest BCUT2D eigenvalue weighted by atomic mass is 32.1. The van der Waals surface area contributed by atoms with Gasteiger partial charge in [0.2, 0.25) is 0 Å². The molecule has 2 amide bonds. The van der Waals surface area contributed by atoms with Crippen molar-refractivity contribution in [3.05, 3.63) is 41.3 Å². The number of benzene rings is 1. The second-order valence-corrected chi connectivity index (χ2v) is 5.85. The molecule has 0 bridgehead atoms. The van der Waals surface area contributed by atoms with Crippen LogP contribution in [0.4, 0.5) is 14.2 Å². The molecular weight excluding hydrogens is 291 g/mol. The Balaban J connectivity index is 1.80. The summed E-state index contributed by atoms with van der Waals surface area (Å²) in [7, 11) is 0. The summed E-state index contributed by atoms with van der Waals surface area (Å²) in [6.45, 7) is 2.57. The Kier molecular flexibility index (Phi) is 3.83. The average Bonchev–Trinajstić information content (AvgIpc) is 3.09. The third-order valence-electron chi connectivity index (χ3n) is 3.70. The van der Waals surface area contributed by atoms with Crippen molar-refractivity contribution < 1.29 is 9.18 Å². The number of nitrogens with zero attached hydrogens (tertiary/aromatic N) is 3. The van der Waals surface area contributed by atoms with E-state index < -0.39 is 0 Å². The molecule has 7 heteroatoms. The smallest absolute Gasteiger partial charge is 0.317 e. The number of aromatic nitrogens is 2. The summed E-state index contributed by atoms with van der Waals surface area (Å²) in [5.74, 6) is -0.249. The molecule has 1 aliphatic heterocycles. The molecule has 1 saturated heterocycles. The minimum absolute atomic E-state index is 0.00789. The molecule has 2 aromatic rings. The molecule has 1 atom stereocenters. The van der Waals surface area contributed by atoms with Crippen molar-refractivity contribution in [2.24, 2.45) is 0 Å². The quantitative estimate of drug-likeness (QED) is 0.925. The third kappa shape index (κ3) is 2.87. The van der Waals surface area contributed by atoms with Crippen LogP contribution in [0.25, 0.3) is 0 Å². The van der Waals surface area contributed by atoms with E-state index in [1.54, 1.807) is 11.0 Å². The first-order valence-electron chi connectivity index (χ1n) is 6.76. The number of carbonyl (C=O) groups excluding carboxylic acids is 1. The predicted molar refractivity (Wildman–Crippen MR) is 78.7 cm³/mol. The molecule has 21 heavy (non-hydrogen) atoms. The lowest BCUT2D eigenvalue weighted by atomic mass is 9.99. The van der Waals surface area contributed by atoms with E-state index in [0.29, 0.717) is 11.5 Å². The van der Waals surface area contributed by atoms with E-state index in [9.17, 15) is 9.18 Å². The Morgan fingerprint density at radius 3 is 3.10 bits per heavy atom. The molecule has 1 aromatic carbocycles. The van der Waals surface area contributed by atoms with Gasteiger partial charge in [0, 0.05) is 18.1 Å². The number of halogens is 1. The van der Waals surface area contributed by atoms with Crippen LogP contribution < -0.4 is 5.32 Å². The maximum Gasteiger partial charge on any atom is 0.323 e. The fourth-order valence-corrected chi connectivity index (χ4v) is 3.16. The van der Waals surface area contributed by atoms with E-state index >= 15 is 0 Å². The summed E-state index contributed by atoms with van der Waals surface area (Å²) in [4.78, 5) is 14.2. The molecule has 1 unspecified atom stereocenters. The maximum absolute atomic E-state index is 13.2. The minimum Gasteiger partial charge on any atom is -0.317 e. The Morgan fingerprint density at radius 2 is 2.38 bits per heavy atom. The van der Waals surface area contributed by atoms with E-state index in [-0.39, 0.29) is 17.9 Å². The van der Waals surface area contributed by atoms with Gasteiger partial charge in [0.1, 0.15) is 10.8 Å². The van der Waals surface area contributed by atoms with Crippen LogP contribution in [0.3, 0.4) is 0 Å². The number of likely N-dealkylation sites (tertiary alicyclic amines) is 1. The van der Waals surface area contributed by atoms with Crippen molar-refractivity contribution in [2.75, 3.05) is 11.9 Å². The monoisotopic (exact) mass is 306 g/mol. The maximum atomic E-state index is 13.2. The molecule has 0 spiro atoms. The zero-order chi connectivity index (χ0) is 14.8.